The van der Waals surface area contributed by atoms with Crippen molar-refractivity contribution in [1.82, 2.24) is 0 Å². The Labute approximate surface area is 103 Å². The average molecular weight is 234 g/mol. The molecule has 2 aliphatic carbocycles. The van der Waals surface area contributed by atoms with Gasteiger partial charge in [0.1, 0.15) is 0 Å². The predicted octanol–water partition coefficient (Wildman–Crippen LogP) is 5.16. The monoisotopic (exact) mass is 234 g/mol. The lowest BCUT2D eigenvalue weighted by Gasteiger charge is -1.90. The maximum Gasteiger partial charge on any atom is 0.0434 e. The Bertz CT molecular complexity index is 795. The fourth-order valence-corrected chi connectivity index (χ4v) is 3.69. The summed E-state index contributed by atoms with van der Waals surface area (Å²) in [6.45, 7) is 0. The van der Waals surface area contributed by atoms with Gasteiger partial charge in [-0.1, -0.05) is 48.5 Å². The molecule has 1 heteroatoms. The first-order valence-electron chi connectivity index (χ1n) is 5.72. The van der Waals surface area contributed by atoms with Crippen molar-refractivity contribution < 1.29 is 0 Å². The van der Waals surface area contributed by atoms with Crippen LogP contribution >= 0.6 is 11.3 Å². The van der Waals surface area contributed by atoms with Crippen molar-refractivity contribution in [1.29, 1.82) is 0 Å². The van der Waals surface area contributed by atoms with Gasteiger partial charge in [0.05, 0.1) is 0 Å². The van der Waals surface area contributed by atoms with Crippen molar-refractivity contribution >= 4 is 31.5 Å². The maximum absolute atomic E-state index is 2.31. The highest BCUT2D eigenvalue weighted by molar-refractivity contribution is 7.26. The highest BCUT2D eigenvalue weighted by atomic mass is 32.1. The molecule has 1 aromatic heterocycles. The third-order valence-corrected chi connectivity index (χ3v) is 4.47. The number of thiophene rings is 1. The van der Waals surface area contributed by atoms with E-state index in [9.17, 15) is 0 Å². The number of fused-ring (bicyclic) bond motifs is 5. The van der Waals surface area contributed by atoms with Gasteiger partial charge < -0.3 is 0 Å². The van der Waals surface area contributed by atoms with Crippen molar-refractivity contribution in [3.05, 3.63) is 60.7 Å². The maximum atomic E-state index is 2.31. The topological polar surface area (TPSA) is 0 Å². The predicted molar refractivity (Wildman–Crippen MR) is 76.0 cm³/mol. The van der Waals surface area contributed by atoms with Gasteiger partial charge in [0.15, 0.2) is 0 Å². The Balaban J connectivity index is 2.28. The molecule has 0 saturated heterocycles. The number of hydrogen-bond acceptors (Lipinski definition) is 1. The van der Waals surface area contributed by atoms with E-state index in [1.54, 1.807) is 0 Å². The summed E-state index contributed by atoms with van der Waals surface area (Å²) in [6.07, 6.45) is 0. The molecule has 17 heavy (non-hydrogen) atoms. The van der Waals surface area contributed by atoms with E-state index >= 15 is 0 Å². The Hall–Kier alpha value is -1.86. The van der Waals surface area contributed by atoms with Crippen LogP contribution in [-0.2, 0) is 0 Å². The fraction of sp³-hybridized carbons (Fsp3) is 0. The Morgan fingerprint density at radius 1 is 0.706 bits per heavy atom. The van der Waals surface area contributed by atoms with E-state index in [1.807, 2.05) is 11.3 Å². The number of hydrogen-bond donors (Lipinski definition) is 0. The molecule has 0 aliphatic heterocycles. The Morgan fingerprint density at radius 3 is 2.53 bits per heavy atom. The first-order valence-corrected chi connectivity index (χ1v) is 6.54. The van der Waals surface area contributed by atoms with Crippen molar-refractivity contribution in [2.24, 2.45) is 0 Å². The van der Waals surface area contributed by atoms with Crippen LogP contribution in [0.5, 0.6) is 0 Å². The molecule has 2 aliphatic rings. The molecule has 0 radical (unpaired) electrons. The van der Waals surface area contributed by atoms with Gasteiger partial charge in [0.2, 0.25) is 0 Å². The van der Waals surface area contributed by atoms with Crippen molar-refractivity contribution in [3.8, 4) is 11.1 Å². The molecular formula is C16H10S. The zero-order valence-corrected chi connectivity index (χ0v) is 10.00. The zero-order chi connectivity index (χ0) is 11.2. The molecule has 0 bridgehead atoms. The van der Waals surface area contributed by atoms with Crippen molar-refractivity contribution in [2.45, 2.75) is 0 Å². The minimum atomic E-state index is 1.34. The van der Waals surface area contributed by atoms with Crippen LogP contribution in [0.25, 0.3) is 31.3 Å². The smallest absolute Gasteiger partial charge is 0.0434 e. The molecule has 0 atom stereocenters. The van der Waals surface area contributed by atoms with Crippen molar-refractivity contribution in [3.63, 3.8) is 0 Å². The molecule has 0 nitrogen and oxygen atoms in total. The largest absolute Gasteiger partial charge is 0.135 e. The lowest BCUT2D eigenvalue weighted by atomic mass is 10.2. The third kappa shape index (κ3) is 1.23. The zero-order valence-electron chi connectivity index (χ0n) is 9.18. The van der Waals surface area contributed by atoms with Crippen molar-refractivity contribution in [2.75, 3.05) is 0 Å². The summed E-state index contributed by atoms with van der Waals surface area (Å²) in [5.74, 6) is 0. The highest BCUT2D eigenvalue weighted by Crippen LogP contribution is 2.43. The number of rotatable bonds is 0. The molecule has 0 saturated carbocycles. The molecule has 1 aromatic carbocycles. The van der Waals surface area contributed by atoms with E-state index in [-0.39, 0.29) is 0 Å². The van der Waals surface area contributed by atoms with Gasteiger partial charge in [-0.25, -0.2) is 0 Å². The molecule has 2 aromatic rings. The standard InChI is InChI=1S/C16H10S/c1-2-6-11-10-14-13-8-4-5-9-15(13)17-16(14)12(11)7-3-1/h1-10H. The van der Waals surface area contributed by atoms with Gasteiger partial charge >= 0.3 is 0 Å². The van der Waals surface area contributed by atoms with Crippen LogP contribution in [0.2, 0.25) is 0 Å². The van der Waals surface area contributed by atoms with E-state index < -0.39 is 0 Å². The summed E-state index contributed by atoms with van der Waals surface area (Å²) in [4.78, 5) is 0. The molecule has 0 fully saturated rings. The molecule has 4 rings (SSSR count). The van der Waals surface area contributed by atoms with Gasteiger partial charge in [0, 0.05) is 20.2 Å². The van der Waals surface area contributed by atoms with Crippen LogP contribution in [0.3, 0.4) is 0 Å². The Morgan fingerprint density at radius 2 is 1.53 bits per heavy atom. The second-order valence-corrected chi connectivity index (χ2v) is 5.32. The Kier molecular flexibility index (Phi) is 1.79. The van der Waals surface area contributed by atoms with Crippen LogP contribution in [-0.4, -0.2) is 0 Å². The van der Waals surface area contributed by atoms with Gasteiger partial charge in [0.25, 0.3) is 0 Å². The first kappa shape index (κ1) is 9.20. The quantitative estimate of drug-likeness (QED) is 0.394. The first-order chi connectivity index (χ1) is 8.43. The number of benzene rings is 1. The third-order valence-electron chi connectivity index (χ3n) is 3.25. The minimum Gasteiger partial charge on any atom is -0.135 e. The lowest BCUT2D eigenvalue weighted by Crippen LogP contribution is -1.63. The van der Waals surface area contributed by atoms with Gasteiger partial charge in [-0.3, -0.25) is 0 Å². The molecular weight excluding hydrogens is 224 g/mol. The molecule has 0 unspecified atom stereocenters. The summed E-state index contributed by atoms with van der Waals surface area (Å²) in [5.41, 5.74) is 2.70. The normalized spacial score (nSPS) is 11.5. The summed E-state index contributed by atoms with van der Waals surface area (Å²) in [6, 6.07) is 21.7. The second-order valence-electron chi connectivity index (χ2n) is 4.27. The molecule has 80 valence electrons. The molecule has 0 N–H and O–H groups in total. The van der Waals surface area contributed by atoms with Crippen LogP contribution < -0.4 is 0 Å². The van der Waals surface area contributed by atoms with Crippen LogP contribution in [0.1, 0.15) is 0 Å². The SMILES string of the molecule is c1ccc2cc3c(sc4ccccc43)c-2cc1. The summed E-state index contributed by atoms with van der Waals surface area (Å²) in [5, 5.41) is 2.78. The fourth-order valence-electron chi connectivity index (χ4n) is 2.46. The van der Waals surface area contributed by atoms with Gasteiger partial charge in [-0.2, -0.15) is 0 Å². The van der Waals surface area contributed by atoms with Crippen LogP contribution in [0.4, 0.5) is 0 Å². The van der Waals surface area contributed by atoms with E-state index in [0.717, 1.165) is 0 Å². The summed E-state index contributed by atoms with van der Waals surface area (Å²) >= 11 is 1.89. The van der Waals surface area contributed by atoms with Gasteiger partial charge in [-0.15, -0.1) is 11.3 Å². The van der Waals surface area contributed by atoms with E-state index in [0.29, 0.717) is 0 Å². The van der Waals surface area contributed by atoms with E-state index in [2.05, 4.69) is 60.7 Å². The molecule has 0 amide bonds. The van der Waals surface area contributed by atoms with Gasteiger partial charge in [-0.05, 0) is 23.3 Å². The summed E-state index contributed by atoms with van der Waals surface area (Å²) < 4.78 is 2.79. The van der Waals surface area contributed by atoms with Crippen LogP contribution in [0.15, 0.2) is 60.7 Å². The lowest BCUT2D eigenvalue weighted by molar-refractivity contribution is 1.85. The van der Waals surface area contributed by atoms with E-state index in [4.69, 9.17) is 0 Å². The second kappa shape index (κ2) is 3.31. The minimum absolute atomic E-state index is 1.34. The average Bonchev–Trinajstić information content (AvgIpc) is 2.77. The van der Waals surface area contributed by atoms with E-state index in [1.165, 1.54) is 31.3 Å². The molecule has 1 heterocycles. The van der Waals surface area contributed by atoms with Crippen LogP contribution in [0, 0.1) is 0 Å². The highest BCUT2D eigenvalue weighted by Gasteiger charge is 2.13. The molecule has 0 spiro atoms. The summed E-state index contributed by atoms with van der Waals surface area (Å²) in [7, 11) is 0.